The number of fused-ring (bicyclic) bond motifs is 2. The molecule has 140 valence electrons. The second-order valence-electron chi connectivity index (χ2n) is 7.69. The molecule has 1 saturated heterocycles. The number of carbonyl (C=O) groups is 3. The molecule has 1 heterocycles. The lowest BCUT2D eigenvalue weighted by Gasteiger charge is -2.33. The Morgan fingerprint density at radius 1 is 1.19 bits per heavy atom. The van der Waals surface area contributed by atoms with Crippen LogP contribution in [0.3, 0.4) is 0 Å². The van der Waals surface area contributed by atoms with E-state index in [9.17, 15) is 19.6 Å². The highest BCUT2D eigenvalue weighted by Gasteiger charge is 2.54. The van der Waals surface area contributed by atoms with Crippen molar-refractivity contribution in [2.45, 2.75) is 56.0 Å². The van der Waals surface area contributed by atoms with Crippen molar-refractivity contribution < 1.29 is 14.4 Å². The van der Waals surface area contributed by atoms with Gasteiger partial charge < -0.3 is 10.6 Å². The van der Waals surface area contributed by atoms with Gasteiger partial charge >= 0.3 is 6.03 Å². The van der Waals surface area contributed by atoms with Gasteiger partial charge in [-0.1, -0.05) is 24.3 Å². The first-order valence-electron chi connectivity index (χ1n) is 9.44. The number of amides is 4. The molecule has 4 amide bonds. The van der Waals surface area contributed by atoms with Gasteiger partial charge in [-0.2, -0.15) is 5.26 Å². The van der Waals surface area contributed by atoms with E-state index in [0.29, 0.717) is 19.3 Å². The summed E-state index contributed by atoms with van der Waals surface area (Å²) in [5, 5.41) is 15.0. The first kappa shape index (κ1) is 17.5. The van der Waals surface area contributed by atoms with Crippen molar-refractivity contribution in [1.29, 1.82) is 5.26 Å². The number of carbonyl (C=O) groups excluding carboxylic acids is 3. The third-order valence-electron chi connectivity index (χ3n) is 6.00. The largest absolute Gasteiger partial charge is 0.336 e. The number of nitriles is 1. The van der Waals surface area contributed by atoms with Crippen LogP contribution in [0.5, 0.6) is 0 Å². The van der Waals surface area contributed by atoms with E-state index in [1.807, 2.05) is 24.3 Å². The van der Waals surface area contributed by atoms with Crippen molar-refractivity contribution in [3.63, 3.8) is 0 Å². The van der Waals surface area contributed by atoms with Gasteiger partial charge in [-0.15, -0.1) is 0 Å². The number of nitrogens with one attached hydrogen (secondary N) is 2. The van der Waals surface area contributed by atoms with Gasteiger partial charge in [0.1, 0.15) is 17.6 Å². The van der Waals surface area contributed by atoms with Crippen molar-refractivity contribution in [3.05, 3.63) is 35.4 Å². The van der Waals surface area contributed by atoms with Crippen molar-refractivity contribution in [2.75, 3.05) is 6.54 Å². The van der Waals surface area contributed by atoms with E-state index in [0.717, 1.165) is 41.7 Å². The van der Waals surface area contributed by atoms with Gasteiger partial charge in [-0.25, -0.2) is 4.79 Å². The zero-order valence-corrected chi connectivity index (χ0v) is 15.1. The summed E-state index contributed by atoms with van der Waals surface area (Å²) in [5.74, 6) is -0.852. The van der Waals surface area contributed by atoms with E-state index in [1.165, 1.54) is 0 Å². The first-order valence-corrected chi connectivity index (χ1v) is 9.44. The van der Waals surface area contributed by atoms with Gasteiger partial charge in [0.05, 0.1) is 6.07 Å². The van der Waals surface area contributed by atoms with Crippen LogP contribution in [0, 0.1) is 11.3 Å². The Hall–Kier alpha value is -2.88. The Morgan fingerprint density at radius 3 is 2.67 bits per heavy atom. The third kappa shape index (κ3) is 2.76. The van der Waals surface area contributed by atoms with Crippen LogP contribution >= 0.6 is 0 Å². The summed E-state index contributed by atoms with van der Waals surface area (Å²) in [7, 11) is 0. The van der Waals surface area contributed by atoms with Crippen LogP contribution in [0.4, 0.5) is 4.79 Å². The van der Waals surface area contributed by atoms with E-state index in [2.05, 4.69) is 16.7 Å². The molecule has 1 aromatic rings. The Labute approximate surface area is 157 Å². The normalized spacial score (nSPS) is 25.8. The van der Waals surface area contributed by atoms with Crippen LogP contribution in [0.25, 0.3) is 0 Å². The number of benzene rings is 1. The highest BCUT2D eigenvalue weighted by atomic mass is 16.2. The smallest absolute Gasteiger partial charge is 0.325 e. The molecule has 2 fully saturated rings. The second kappa shape index (κ2) is 6.38. The molecule has 1 saturated carbocycles. The zero-order valence-electron chi connectivity index (χ0n) is 15.1. The van der Waals surface area contributed by atoms with Crippen LogP contribution in [-0.4, -0.2) is 34.8 Å². The number of aryl methyl sites for hydroxylation is 1. The molecule has 0 bridgehead atoms. The summed E-state index contributed by atoms with van der Waals surface area (Å²) in [6.45, 7) is -0.363. The number of hydrogen-bond donors (Lipinski definition) is 2. The van der Waals surface area contributed by atoms with Gasteiger partial charge in [0, 0.05) is 0 Å². The van der Waals surface area contributed by atoms with Gasteiger partial charge in [0.15, 0.2) is 0 Å². The van der Waals surface area contributed by atoms with Crippen LogP contribution in [-0.2, 0) is 21.5 Å². The van der Waals surface area contributed by atoms with Crippen molar-refractivity contribution >= 4 is 17.8 Å². The molecule has 7 heteroatoms. The summed E-state index contributed by atoms with van der Waals surface area (Å²) < 4.78 is 0. The SMILES string of the molecule is N#CC1(NC(=O)CN2C(=O)NC3(CCCc4ccccc43)C2=O)CCCC1. The van der Waals surface area contributed by atoms with Crippen LogP contribution in [0.15, 0.2) is 24.3 Å². The Bertz CT molecular complexity index is 853. The number of urea groups is 1. The summed E-state index contributed by atoms with van der Waals surface area (Å²) in [6, 6.07) is 9.27. The maximum absolute atomic E-state index is 13.2. The van der Waals surface area contributed by atoms with Gasteiger partial charge in [-0.3, -0.25) is 14.5 Å². The molecule has 2 aliphatic carbocycles. The molecule has 27 heavy (non-hydrogen) atoms. The van der Waals surface area contributed by atoms with Crippen molar-refractivity contribution in [2.24, 2.45) is 0 Å². The average molecular weight is 366 g/mol. The summed E-state index contributed by atoms with van der Waals surface area (Å²) in [6.07, 6.45) is 5.16. The van der Waals surface area contributed by atoms with E-state index in [1.54, 1.807) is 0 Å². The van der Waals surface area contributed by atoms with E-state index in [-0.39, 0.29) is 12.5 Å². The quantitative estimate of drug-likeness (QED) is 0.795. The standard InChI is InChI=1S/C20H22N4O3/c21-13-19(9-3-4-10-19)22-16(25)12-24-17(26)20(23-18(24)27)11-5-7-14-6-1-2-8-15(14)20/h1-2,6,8H,3-5,7,9-12H2,(H,22,25)(H,23,27). The lowest BCUT2D eigenvalue weighted by Crippen LogP contribution is -2.51. The molecule has 7 nitrogen and oxygen atoms in total. The molecular weight excluding hydrogens is 344 g/mol. The topological polar surface area (TPSA) is 102 Å². The summed E-state index contributed by atoms with van der Waals surface area (Å²) in [4.78, 5) is 39.2. The Morgan fingerprint density at radius 2 is 1.93 bits per heavy atom. The van der Waals surface area contributed by atoms with Crippen molar-refractivity contribution in [3.8, 4) is 6.07 Å². The molecule has 1 atom stereocenters. The summed E-state index contributed by atoms with van der Waals surface area (Å²) in [5.41, 5.74) is -0.0716. The zero-order chi connectivity index (χ0) is 19.1. The lowest BCUT2D eigenvalue weighted by molar-refractivity contribution is -0.136. The van der Waals surface area contributed by atoms with Crippen LogP contribution < -0.4 is 10.6 Å². The maximum atomic E-state index is 13.2. The molecule has 3 aliphatic rings. The van der Waals surface area contributed by atoms with Crippen molar-refractivity contribution in [1.82, 2.24) is 15.5 Å². The Balaban J connectivity index is 1.55. The molecule has 1 aliphatic heterocycles. The van der Waals surface area contributed by atoms with E-state index >= 15 is 0 Å². The molecule has 0 radical (unpaired) electrons. The molecular formula is C20H22N4O3. The van der Waals surface area contributed by atoms with Gasteiger partial charge in [0.25, 0.3) is 5.91 Å². The highest BCUT2D eigenvalue weighted by molar-refractivity contribution is 6.09. The molecule has 1 unspecified atom stereocenters. The fourth-order valence-electron chi connectivity index (χ4n) is 4.65. The van der Waals surface area contributed by atoms with E-state index in [4.69, 9.17) is 0 Å². The average Bonchev–Trinajstić information content (AvgIpc) is 3.22. The predicted octanol–water partition coefficient (Wildman–Crippen LogP) is 1.72. The lowest BCUT2D eigenvalue weighted by atomic mass is 9.76. The molecule has 0 aromatic heterocycles. The first-order chi connectivity index (χ1) is 13.0. The van der Waals surface area contributed by atoms with Crippen LogP contribution in [0.2, 0.25) is 0 Å². The number of hydrogen-bond acceptors (Lipinski definition) is 4. The molecule has 1 spiro atoms. The maximum Gasteiger partial charge on any atom is 0.325 e. The fraction of sp³-hybridized carbons (Fsp3) is 0.500. The second-order valence-corrected chi connectivity index (χ2v) is 7.69. The minimum atomic E-state index is -1.08. The summed E-state index contributed by atoms with van der Waals surface area (Å²) >= 11 is 0. The molecule has 4 rings (SSSR count). The molecule has 2 N–H and O–H groups in total. The van der Waals surface area contributed by atoms with E-state index < -0.39 is 23.0 Å². The predicted molar refractivity (Wildman–Crippen MR) is 96.3 cm³/mol. The van der Waals surface area contributed by atoms with Gasteiger partial charge in [-0.05, 0) is 56.1 Å². The van der Waals surface area contributed by atoms with Crippen LogP contribution in [0.1, 0.15) is 49.7 Å². The third-order valence-corrected chi connectivity index (χ3v) is 6.00. The number of rotatable bonds is 3. The van der Waals surface area contributed by atoms with Gasteiger partial charge in [0.2, 0.25) is 5.91 Å². The number of imide groups is 1. The minimum absolute atomic E-state index is 0.363. The number of nitrogens with zero attached hydrogens (tertiary/aromatic N) is 2. The minimum Gasteiger partial charge on any atom is -0.336 e. The Kier molecular flexibility index (Phi) is 4.14. The molecule has 1 aromatic carbocycles. The fourth-order valence-corrected chi connectivity index (χ4v) is 4.65. The monoisotopic (exact) mass is 366 g/mol. The highest BCUT2D eigenvalue weighted by Crippen LogP contribution is 2.39.